The van der Waals surface area contributed by atoms with E-state index in [4.69, 9.17) is 9.47 Å². The lowest BCUT2D eigenvalue weighted by Crippen LogP contribution is -2.02. The molecule has 4 rings (SSSR count). The summed E-state index contributed by atoms with van der Waals surface area (Å²) in [7, 11) is 1.66. The number of benzene rings is 2. The van der Waals surface area contributed by atoms with E-state index in [0.29, 0.717) is 12.4 Å². The van der Waals surface area contributed by atoms with Gasteiger partial charge < -0.3 is 14.8 Å². The van der Waals surface area contributed by atoms with E-state index in [-0.39, 0.29) is 0 Å². The van der Waals surface area contributed by atoms with Crippen LogP contribution >= 0.6 is 11.3 Å². The molecule has 2 aromatic heterocycles. The van der Waals surface area contributed by atoms with E-state index in [1.165, 1.54) is 6.33 Å². The van der Waals surface area contributed by atoms with Crippen molar-refractivity contribution in [2.75, 3.05) is 12.4 Å². The molecule has 2 heterocycles. The van der Waals surface area contributed by atoms with Gasteiger partial charge in [0.25, 0.3) is 0 Å². The molecule has 5 nitrogen and oxygen atoms in total. The fourth-order valence-corrected chi connectivity index (χ4v) is 3.33. The van der Waals surface area contributed by atoms with E-state index < -0.39 is 0 Å². The lowest BCUT2D eigenvalue weighted by molar-refractivity contribution is 0.415. The lowest BCUT2D eigenvalue weighted by Gasteiger charge is -2.12. The number of methoxy groups -OCH3 is 1. The second-order valence-corrected chi connectivity index (χ2v) is 6.50. The van der Waals surface area contributed by atoms with Gasteiger partial charge in [0, 0.05) is 17.8 Å². The summed E-state index contributed by atoms with van der Waals surface area (Å²) in [5.74, 6) is 2.19. The Hall–Kier alpha value is -3.12. The molecular formula is C20H17N3O2S. The maximum atomic E-state index is 6.10. The molecule has 2 aromatic carbocycles. The fourth-order valence-electron chi connectivity index (χ4n) is 2.61. The Kier molecular flexibility index (Phi) is 4.66. The zero-order chi connectivity index (χ0) is 17.8. The van der Waals surface area contributed by atoms with Gasteiger partial charge in [-0.25, -0.2) is 9.97 Å². The number of para-hydroxylation sites is 1. The van der Waals surface area contributed by atoms with Crippen LogP contribution in [0.1, 0.15) is 5.56 Å². The van der Waals surface area contributed by atoms with Crippen molar-refractivity contribution < 1.29 is 9.47 Å². The van der Waals surface area contributed by atoms with E-state index >= 15 is 0 Å². The molecule has 0 fully saturated rings. The first-order chi connectivity index (χ1) is 12.8. The number of fused-ring (bicyclic) bond motifs is 1. The Labute approximate surface area is 155 Å². The van der Waals surface area contributed by atoms with E-state index in [2.05, 4.69) is 15.3 Å². The number of rotatable bonds is 6. The van der Waals surface area contributed by atoms with E-state index in [1.54, 1.807) is 18.4 Å². The van der Waals surface area contributed by atoms with Crippen molar-refractivity contribution in [3.05, 3.63) is 71.9 Å². The molecule has 0 amide bonds. The van der Waals surface area contributed by atoms with E-state index in [1.807, 2.05) is 60.0 Å². The summed E-state index contributed by atoms with van der Waals surface area (Å²) in [5.41, 5.74) is 2.06. The molecular weight excluding hydrogens is 346 g/mol. The van der Waals surface area contributed by atoms with Crippen LogP contribution in [0, 0.1) is 0 Å². The maximum Gasteiger partial charge on any atom is 0.231 e. The third kappa shape index (κ3) is 3.45. The maximum absolute atomic E-state index is 6.10. The molecule has 0 spiro atoms. The van der Waals surface area contributed by atoms with Gasteiger partial charge >= 0.3 is 0 Å². The predicted octanol–water partition coefficient (Wildman–Crippen LogP) is 5.10. The summed E-state index contributed by atoms with van der Waals surface area (Å²) in [5, 5.41) is 6.32. The lowest BCUT2D eigenvalue weighted by atomic mass is 10.2. The molecule has 0 radical (unpaired) electrons. The van der Waals surface area contributed by atoms with Crippen LogP contribution in [0.3, 0.4) is 0 Å². The van der Waals surface area contributed by atoms with Crippen LogP contribution in [-0.2, 0) is 6.54 Å². The molecule has 26 heavy (non-hydrogen) atoms. The standard InChI is InChI=1S/C20H17N3O2S/c1-24-16-8-6-15(7-9-16)21-12-14-4-2-3-5-18(14)25-19-17-10-11-26-20(17)23-13-22-19/h2-11,13,21H,12H2,1H3. The Morgan fingerprint density at radius 3 is 2.69 bits per heavy atom. The van der Waals surface area contributed by atoms with Crippen LogP contribution in [-0.4, -0.2) is 17.1 Å². The molecule has 0 saturated carbocycles. The van der Waals surface area contributed by atoms with Crippen LogP contribution in [0.4, 0.5) is 5.69 Å². The highest BCUT2D eigenvalue weighted by atomic mass is 32.1. The summed E-state index contributed by atoms with van der Waals surface area (Å²) in [4.78, 5) is 9.47. The number of ether oxygens (including phenoxy) is 2. The zero-order valence-corrected chi connectivity index (χ0v) is 15.0. The van der Waals surface area contributed by atoms with Gasteiger partial charge in [-0.2, -0.15) is 0 Å². The summed E-state index contributed by atoms with van der Waals surface area (Å²) < 4.78 is 11.3. The molecule has 4 aromatic rings. The average molecular weight is 363 g/mol. The van der Waals surface area contributed by atoms with Crippen LogP contribution in [0.5, 0.6) is 17.4 Å². The van der Waals surface area contributed by atoms with Gasteiger partial charge in [0.05, 0.1) is 12.5 Å². The highest BCUT2D eigenvalue weighted by Crippen LogP contribution is 2.31. The summed E-state index contributed by atoms with van der Waals surface area (Å²) >= 11 is 1.57. The Bertz CT molecular complexity index is 1010. The van der Waals surface area contributed by atoms with E-state index in [9.17, 15) is 0 Å². The van der Waals surface area contributed by atoms with Crippen molar-refractivity contribution >= 4 is 27.2 Å². The molecule has 6 heteroatoms. The van der Waals surface area contributed by atoms with Crippen LogP contribution in [0.2, 0.25) is 0 Å². The van der Waals surface area contributed by atoms with Crippen molar-refractivity contribution in [3.63, 3.8) is 0 Å². The molecule has 130 valence electrons. The normalized spacial score (nSPS) is 10.7. The third-order valence-electron chi connectivity index (χ3n) is 3.98. The van der Waals surface area contributed by atoms with Crippen LogP contribution in [0.15, 0.2) is 66.3 Å². The first-order valence-electron chi connectivity index (χ1n) is 8.15. The molecule has 0 aliphatic rings. The number of anilines is 1. The van der Waals surface area contributed by atoms with Crippen LogP contribution < -0.4 is 14.8 Å². The van der Waals surface area contributed by atoms with Gasteiger partial charge in [0.15, 0.2) is 0 Å². The van der Waals surface area contributed by atoms with Gasteiger partial charge in [0.2, 0.25) is 5.88 Å². The van der Waals surface area contributed by atoms with Gasteiger partial charge in [-0.05, 0) is 41.8 Å². The number of nitrogens with zero attached hydrogens (tertiary/aromatic N) is 2. The Morgan fingerprint density at radius 1 is 1.00 bits per heavy atom. The van der Waals surface area contributed by atoms with Gasteiger partial charge in [0.1, 0.15) is 22.7 Å². The van der Waals surface area contributed by atoms with Gasteiger partial charge in [-0.1, -0.05) is 18.2 Å². The Morgan fingerprint density at radius 2 is 1.85 bits per heavy atom. The van der Waals surface area contributed by atoms with Gasteiger partial charge in [-0.15, -0.1) is 11.3 Å². The second-order valence-electron chi connectivity index (χ2n) is 5.61. The van der Waals surface area contributed by atoms with E-state index in [0.717, 1.165) is 33.0 Å². The molecule has 0 unspecified atom stereocenters. The van der Waals surface area contributed by atoms with Crippen molar-refractivity contribution in [1.29, 1.82) is 0 Å². The fraction of sp³-hybridized carbons (Fsp3) is 0.100. The van der Waals surface area contributed by atoms with Crippen LogP contribution in [0.25, 0.3) is 10.2 Å². The monoisotopic (exact) mass is 363 g/mol. The molecule has 0 aliphatic carbocycles. The van der Waals surface area contributed by atoms with Gasteiger partial charge in [-0.3, -0.25) is 0 Å². The minimum absolute atomic E-state index is 0.577. The topological polar surface area (TPSA) is 56.3 Å². The minimum atomic E-state index is 0.577. The minimum Gasteiger partial charge on any atom is -0.497 e. The predicted molar refractivity (Wildman–Crippen MR) is 104 cm³/mol. The molecule has 0 bridgehead atoms. The quantitative estimate of drug-likeness (QED) is 0.516. The highest BCUT2D eigenvalue weighted by Gasteiger charge is 2.10. The largest absolute Gasteiger partial charge is 0.497 e. The number of hydrogen-bond donors (Lipinski definition) is 1. The van der Waals surface area contributed by atoms with Crippen molar-refractivity contribution in [1.82, 2.24) is 9.97 Å². The highest BCUT2D eigenvalue weighted by molar-refractivity contribution is 7.16. The van der Waals surface area contributed by atoms with Crippen molar-refractivity contribution in [2.24, 2.45) is 0 Å². The summed E-state index contributed by atoms with van der Waals surface area (Å²) in [6.45, 7) is 0.639. The molecule has 0 saturated heterocycles. The first-order valence-corrected chi connectivity index (χ1v) is 9.03. The third-order valence-corrected chi connectivity index (χ3v) is 4.80. The van der Waals surface area contributed by atoms with Crippen molar-refractivity contribution in [2.45, 2.75) is 6.54 Å². The summed E-state index contributed by atoms with van der Waals surface area (Å²) in [6, 6.07) is 17.8. The average Bonchev–Trinajstić information content (AvgIpc) is 3.18. The number of aromatic nitrogens is 2. The smallest absolute Gasteiger partial charge is 0.231 e. The number of nitrogens with one attached hydrogen (secondary N) is 1. The first kappa shape index (κ1) is 16.4. The molecule has 0 aliphatic heterocycles. The number of hydrogen-bond acceptors (Lipinski definition) is 6. The molecule has 1 N–H and O–H groups in total. The molecule has 0 atom stereocenters. The zero-order valence-electron chi connectivity index (χ0n) is 14.2. The summed E-state index contributed by atoms with van der Waals surface area (Å²) in [6.07, 6.45) is 1.53. The number of thiophene rings is 1. The Balaban J connectivity index is 1.53. The second kappa shape index (κ2) is 7.41. The van der Waals surface area contributed by atoms with Crippen molar-refractivity contribution in [3.8, 4) is 17.4 Å². The SMILES string of the molecule is COc1ccc(NCc2ccccc2Oc2ncnc3sccc23)cc1.